The maximum atomic E-state index is 15.1. The molecule has 25 N–H and O–H groups in total. The lowest BCUT2D eigenvalue weighted by Crippen LogP contribution is -2.70. The number of hydrogen-bond acceptors (Lipinski definition) is 31. The molecule has 4 saturated heterocycles. The Balaban J connectivity index is 1.11. The first kappa shape index (κ1) is 70.7. The van der Waals surface area contributed by atoms with E-state index in [0.717, 1.165) is 17.0 Å². The summed E-state index contributed by atoms with van der Waals surface area (Å²) in [5.41, 5.74) is 12.5. The number of nitrogens with one attached hydrogen (secondary N) is 7. The highest BCUT2D eigenvalue weighted by Crippen LogP contribution is 2.32. The Labute approximate surface area is 521 Å². The van der Waals surface area contributed by atoms with Crippen LogP contribution >= 0.6 is 0 Å². The molecule has 0 radical (unpaired) electrons. The molecule has 38 heteroatoms. The second-order valence-corrected chi connectivity index (χ2v) is 22.7. The fourth-order valence-corrected chi connectivity index (χ4v) is 11.2. The minimum absolute atomic E-state index is 0.101. The molecule has 0 aliphatic carbocycles. The molecule has 6 aliphatic heterocycles. The van der Waals surface area contributed by atoms with E-state index in [1.165, 1.54) is 43.3 Å². The van der Waals surface area contributed by atoms with Crippen LogP contribution in [0.4, 0.5) is 4.39 Å². The van der Waals surface area contributed by atoms with Crippen molar-refractivity contribution >= 4 is 47.4 Å². The van der Waals surface area contributed by atoms with Crippen molar-refractivity contribution in [1.82, 2.24) is 42.1 Å². The van der Waals surface area contributed by atoms with Crippen LogP contribution in [-0.2, 0) is 54.1 Å². The van der Waals surface area contributed by atoms with E-state index in [0.29, 0.717) is 0 Å². The van der Waals surface area contributed by atoms with Gasteiger partial charge in [0.25, 0.3) is 0 Å². The van der Waals surface area contributed by atoms with E-state index in [9.17, 15) is 95.1 Å². The number of benzene rings is 2. The lowest BCUT2D eigenvalue weighted by Gasteiger charge is -2.46. The highest BCUT2D eigenvalue weighted by molar-refractivity contribution is 5.98. The van der Waals surface area contributed by atoms with Crippen LogP contribution < -0.4 is 53.4 Å². The van der Waals surface area contributed by atoms with Gasteiger partial charge in [-0.05, 0) is 35.4 Å². The number of nitrogens with two attached hydrogens (primary N) is 2. The highest BCUT2D eigenvalue weighted by atomic mass is 19.1. The van der Waals surface area contributed by atoms with Gasteiger partial charge in [0.15, 0.2) is 24.4 Å². The Hall–Kier alpha value is -7.19. The number of aliphatic imine (C=N–C) groups is 2. The van der Waals surface area contributed by atoms with E-state index in [2.05, 4.69) is 47.2 Å². The molecule has 510 valence electrons. The zero-order chi connectivity index (χ0) is 67.2. The average molecular weight is 1310 g/mol. The number of halogens is 1. The van der Waals surface area contributed by atoms with Crippen LogP contribution in [0.1, 0.15) is 24.0 Å². The van der Waals surface area contributed by atoms with Gasteiger partial charge in [-0.3, -0.25) is 38.8 Å². The zero-order valence-corrected chi connectivity index (χ0v) is 48.8. The fourth-order valence-electron chi connectivity index (χ4n) is 11.2. The van der Waals surface area contributed by atoms with Crippen LogP contribution in [0.25, 0.3) is 0 Å². The number of aliphatic hydroxyl groups excluding tert-OH is 14. The SMILES string of the molecule is CC(c1ccc(F)cc1)C1NC(=O)CNC(=O)C(CO)NC(=O)C(C(O)C2CN=C(N)N2C2OC(CO)C(O)C(O)C2O)NC(=O)C(C(O)C2CN=C(N)N2)NC(=O)C(Cc2ccc(OC3OC(CO)C(OC4OC(CO)C(O)C(O)C4O)C(O)C3O)cc2)NC1=O. The van der Waals surface area contributed by atoms with Gasteiger partial charge in [0, 0.05) is 12.3 Å². The van der Waals surface area contributed by atoms with E-state index < -0.39 is 246 Å². The molecular weight excluding hydrogens is 1240 g/mol. The lowest BCUT2D eigenvalue weighted by atomic mass is 9.92. The molecule has 37 nitrogen and oxygen atoms in total. The predicted molar refractivity (Wildman–Crippen MR) is 303 cm³/mol. The second kappa shape index (κ2) is 30.7. The first-order chi connectivity index (χ1) is 43.7. The number of hydrogen-bond donors (Lipinski definition) is 23. The molecule has 0 saturated carbocycles. The predicted octanol–water partition coefficient (Wildman–Crippen LogP) is -13.5. The minimum Gasteiger partial charge on any atom is -0.462 e. The molecule has 6 heterocycles. The van der Waals surface area contributed by atoms with Gasteiger partial charge in [0.1, 0.15) is 127 Å². The maximum Gasteiger partial charge on any atom is 0.246 e. The summed E-state index contributed by atoms with van der Waals surface area (Å²) in [7, 11) is 0. The minimum atomic E-state index is -2.37. The first-order valence-corrected chi connectivity index (χ1v) is 29.0. The van der Waals surface area contributed by atoms with E-state index >= 15 is 9.59 Å². The van der Waals surface area contributed by atoms with E-state index in [-0.39, 0.29) is 29.4 Å². The number of carbonyl (C=O) groups excluding carboxylic acids is 6. The molecule has 25 unspecified atom stereocenters. The third kappa shape index (κ3) is 15.7. The van der Waals surface area contributed by atoms with Gasteiger partial charge in [-0.1, -0.05) is 31.2 Å². The number of ether oxygens (including phenoxy) is 5. The Kier molecular flexibility index (Phi) is 23.6. The quantitative estimate of drug-likeness (QED) is 0.0699. The number of guanidine groups is 2. The average Bonchev–Trinajstić information content (AvgIpc) is 1.45. The summed E-state index contributed by atoms with van der Waals surface area (Å²) < 4.78 is 42.5. The zero-order valence-electron chi connectivity index (χ0n) is 48.8. The smallest absolute Gasteiger partial charge is 0.246 e. The molecule has 6 aliphatic rings. The maximum absolute atomic E-state index is 15.1. The van der Waals surface area contributed by atoms with Crippen LogP contribution in [0.15, 0.2) is 58.5 Å². The number of carbonyl (C=O) groups is 6. The molecule has 0 aromatic heterocycles. The third-order valence-corrected chi connectivity index (χ3v) is 16.6. The topological polar surface area (TPSA) is 596 Å². The highest BCUT2D eigenvalue weighted by Gasteiger charge is 2.54. The summed E-state index contributed by atoms with van der Waals surface area (Å²) in [5, 5.41) is 167. The lowest BCUT2D eigenvalue weighted by molar-refractivity contribution is -0.352. The van der Waals surface area contributed by atoms with Gasteiger partial charge >= 0.3 is 0 Å². The van der Waals surface area contributed by atoms with Crippen molar-refractivity contribution in [3.8, 4) is 5.75 Å². The van der Waals surface area contributed by atoms with Crippen molar-refractivity contribution in [1.29, 1.82) is 0 Å². The Morgan fingerprint density at radius 3 is 1.77 bits per heavy atom. The summed E-state index contributed by atoms with van der Waals surface area (Å²) in [6, 6.07) is -3.18. The van der Waals surface area contributed by atoms with Crippen LogP contribution in [0.3, 0.4) is 0 Å². The van der Waals surface area contributed by atoms with Gasteiger partial charge in [-0.2, -0.15) is 0 Å². The van der Waals surface area contributed by atoms with Crippen LogP contribution in [0, 0.1) is 5.82 Å². The van der Waals surface area contributed by atoms with Gasteiger partial charge < -0.3 is 149 Å². The molecule has 0 bridgehead atoms. The molecular formula is C54H77FN12O25. The first-order valence-electron chi connectivity index (χ1n) is 29.0. The van der Waals surface area contributed by atoms with Crippen molar-refractivity contribution in [2.75, 3.05) is 46.1 Å². The fraction of sp³-hybridized carbons (Fsp3) is 0.630. The Bertz CT molecular complexity index is 2960. The summed E-state index contributed by atoms with van der Waals surface area (Å²) >= 11 is 0. The summed E-state index contributed by atoms with van der Waals surface area (Å²) in [6.45, 7) is -4.26. The van der Waals surface area contributed by atoms with Crippen molar-refractivity contribution in [2.24, 2.45) is 21.5 Å². The third-order valence-electron chi connectivity index (χ3n) is 16.6. The molecule has 92 heavy (non-hydrogen) atoms. The van der Waals surface area contributed by atoms with Crippen molar-refractivity contribution in [3.63, 3.8) is 0 Å². The molecule has 2 aromatic rings. The van der Waals surface area contributed by atoms with Gasteiger partial charge in [-0.15, -0.1) is 0 Å². The Morgan fingerprint density at radius 2 is 1.15 bits per heavy atom. The molecule has 25 atom stereocenters. The van der Waals surface area contributed by atoms with Gasteiger partial charge in [-0.25, -0.2) is 4.39 Å². The normalized spacial score (nSPS) is 37.3. The van der Waals surface area contributed by atoms with E-state index in [1.54, 1.807) is 0 Å². The Morgan fingerprint density at radius 1 is 0.587 bits per heavy atom. The van der Waals surface area contributed by atoms with E-state index in [1.807, 2.05) is 0 Å². The largest absolute Gasteiger partial charge is 0.462 e. The van der Waals surface area contributed by atoms with Crippen molar-refractivity contribution in [2.45, 2.75) is 166 Å². The molecule has 2 aromatic carbocycles. The van der Waals surface area contributed by atoms with Crippen molar-refractivity contribution < 1.29 is 128 Å². The molecule has 0 spiro atoms. The van der Waals surface area contributed by atoms with Crippen molar-refractivity contribution in [3.05, 3.63) is 65.5 Å². The molecule has 8 rings (SSSR count). The monoisotopic (exact) mass is 1310 g/mol. The summed E-state index contributed by atoms with van der Waals surface area (Å²) in [5.74, 6) is -10.2. The van der Waals surface area contributed by atoms with Crippen LogP contribution in [-0.4, -0.2) is 316 Å². The van der Waals surface area contributed by atoms with Gasteiger partial charge in [0.05, 0.1) is 58.1 Å². The second-order valence-electron chi connectivity index (χ2n) is 22.7. The standard InChI is InChI=1S/C54H77FN12O25/c1-18(20-4-6-21(55)7-5-20)31-47(85)61-23(10-19-2-8-22(9-3-19)88-51-43(82)40(79)44(29(17-71)91-51)92-52-42(81)39(78)37(76)28(16-70)90-52)46(84)65-32(34(73)24-11-59-53(56)63-24)49(87)66-33(48(86)62-25(14-68)45(83)58-13-30(72)64-31)35(74)26-12-60-54(57)67(26)50-41(80)38(77)36(75)27(15-69)89-50/h2-9,18,23-29,31-44,50-52,68-71,73-82H,10-17H2,1H3,(H2,57,60)(H,58,83)(H,61,85)(H,62,86)(H,64,72)(H,65,84)(H,66,87)(H3,56,59,63). The number of rotatable bonds is 17. The van der Waals surface area contributed by atoms with E-state index in [4.69, 9.17) is 35.2 Å². The number of aliphatic hydroxyl groups is 14. The molecule has 6 amide bonds. The summed E-state index contributed by atoms with van der Waals surface area (Å²) in [4.78, 5) is 96.0. The van der Waals surface area contributed by atoms with Crippen LogP contribution in [0.5, 0.6) is 5.75 Å². The van der Waals surface area contributed by atoms with Crippen LogP contribution in [0.2, 0.25) is 0 Å². The number of amides is 6. The summed E-state index contributed by atoms with van der Waals surface area (Å²) in [6.07, 6.45) is -32.0. The van der Waals surface area contributed by atoms with Gasteiger partial charge in [0.2, 0.25) is 41.7 Å². The molecule has 4 fully saturated rings. The number of nitrogens with zero attached hydrogens (tertiary/aromatic N) is 3.